The van der Waals surface area contributed by atoms with E-state index in [1.54, 1.807) is 42.9 Å². The Morgan fingerprint density at radius 1 is 1.18 bits per heavy atom. The van der Waals surface area contributed by atoms with E-state index in [0.29, 0.717) is 37.1 Å². The molecule has 2 aliphatic rings. The second-order valence-electron chi connectivity index (χ2n) is 8.70. The molecule has 5 rings (SSSR count). The smallest absolute Gasteiger partial charge is 0.295 e. The number of benzene rings is 2. The average Bonchev–Trinajstić information content (AvgIpc) is 3.52. The highest BCUT2D eigenvalue weighted by Gasteiger charge is 2.46. The minimum Gasteiger partial charge on any atom is -0.508 e. The number of rotatable bonds is 6. The predicted octanol–water partition coefficient (Wildman–Crippen LogP) is 3.42. The first-order valence-corrected chi connectivity index (χ1v) is 11.3. The van der Waals surface area contributed by atoms with E-state index in [1.165, 1.54) is 17.0 Å². The average molecular weight is 460 g/mol. The van der Waals surface area contributed by atoms with Crippen molar-refractivity contribution < 1.29 is 24.5 Å². The molecular formula is C26H25N3O5. The van der Waals surface area contributed by atoms with Crippen molar-refractivity contribution in [1.82, 2.24) is 14.5 Å². The van der Waals surface area contributed by atoms with Gasteiger partial charge < -0.3 is 24.4 Å². The van der Waals surface area contributed by atoms with Crippen molar-refractivity contribution in [3.8, 4) is 11.5 Å². The van der Waals surface area contributed by atoms with Gasteiger partial charge in [0, 0.05) is 37.5 Å². The summed E-state index contributed by atoms with van der Waals surface area (Å²) in [4.78, 5) is 31.7. The van der Waals surface area contributed by atoms with Gasteiger partial charge in [-0.15, -0.1) is 0 Å². The molecule has 2 aliphatic heterocycles. The van der Waals surface area contributed by atoms with Gasteiger partial charge in [-0.1, -0.05) is 12.1 Å². The van der Waals surface area contributed by atoms with Gasteiger partial charge in [0.1, 0.15) is 23.4 Å². The number of aromatic nitrogens is 2. The lowest BCUT2D eigenvalue weighted by atomic mass is 9.94. The van der Waals surface area contributed by atoms with Gasteiger partial charge >= 0.3 is 0 Å². The van der Waals surface area contributed by atoms with Gasteiger partial charge in [0.25, 0.3) is 11.7 Å². The zero-order valence-electron chi connectivity index (χ0n) is 18.7. The second kappa shape index (κ2) is 8.70. The maximum absolute atomic E-state index is 13.2. The van der Waals surface area contributed by atoms with Crippen LogP contribution >= 0.6 is 0 Å². The summed E-state index contributed by atoms with van der Waals surface area (Å²) in [7, 11) is 0. The van der Waals surface area contributed by atoms with Crippen LogP contribution in [0.2, 0.25) is 0 Å². The van der Waals surface area contributed by atoms with Crippen molar-refractivity contribution in [3.05, 3.63) is 83.4 Å². The first kappa shape index (κ1) is 21.8. The quantitative estimate of drug-likeness (QED) is 0.333. The first-order chi connectivity index (χ1) is 16.4. The molecule has 2 atom stereocenters. The summed E-state index contributed by atoms with van der Waals surface area (Å²) in [6.45, 7) is 2.89. The number of hydrogen-bond donors (Lipinski definition) is 2. The molecule has 1 saturated heterocycles. The normalized spacial score (nSPS) is 21.0. The number of phenols is 1. The van der Waals surface area contributed by atoms with Crippen LogP contribution in [0, 0.1) is 0 Å². The van der Waals surface area contributed by atoms with Gasteiger partial charge in [0.05, 0.1) is 17.9 Å². The molecular weight excluding hydrogens is 434 g/mol. The topological polar surface area (TPSA) is 105 Å². The zero-order chi connectivity index (χ0) is 23.8. The van der Waals surface area contributed by atoms with Crippen molar-refractivity contribution in [1.29, 1.82) is 0 Å². The summed E-state index contributed by atoms with van der Waals surface area (Å²) in [6.07, 6.45) is 6.54. The summed E-state index contributed by atoms with van der Waals surface area (Å²) in [5.41, 5.74) is 1.98. The van der Waals surface area contributed by atoms with Crippen molar-refractivity contribution in [2.45, 2.75) is 38.5 Å². The summed E-state index contributed by atoms with van der Waals surface area (Å²) in [5, 5.41) is 21.3. The van der Waals surface area contributed by atoms with Crippen molar-refractivity contribution in [2.75, 3.05) is 6.54 Å². The van der Waals surface area contributed by atoms with Crippen molar-refractivity contribution in [2.24, 2.45) is 0 Å². The molecule has 8 heteroatoms. The van der Waals surface area contributed by atoms with E-state index in [2.05, 4.69) is 4.98 Å². The highest BCUT2D eigenvalue weighted by Crippen LogP contribution is 2.41. The van der Waals surface area contributed by atoms with Gasteiger partial charge in [-0.3, -0.25) is 9.59 Å². The van der Waals surface area contributed by atoms with Crippen LogP contribution in [-0.4, -0.2) is 49.0 Å². The molecule has 0 spiro atoms. The van der Waals surface area contributed by atoms with Crippen LogP contribution in [0.15, 0.2) is 66.8 Å². The summed E-state index contributed by atoms with van der Waals surface area (Å²) in [6, 6.07) is 10.9. The number of phenolic OH excluding ortho intramolecular Hbond substituents is 1. The number of ether oxygens (including phenoxy) is 1. The van der Waals surface area contributed by atoms with E-state index in [0.717, 1.165) is 11.3 Å². The molecule has 0 unspecified atom stereocenters. The minimum absolute atomic E-state index is 0.0187. The molecule has 2 aromatic carbocycles. The van der Waals surface area contributed by atoms with E-state index in [9.17, 15) is 19.8 Å². The summed E-state index contributed by atoms with van der Waals surface area (Å²) in [5.74, 6) is -0.859. The van der Waals surface area contributed by atoms with Crippen LogP contribution in [0.1, 0.15) is 36.1 Å². The molecule has 0 bridgehead atoms. The molecule has 3 heterocycles. The maximum atomic E-state index is 13.2. The Morgan fingerprint density at radius 3 is 2.79 bits per heavy atom. The minimum atomic E-state index is -0.807. The largest absolute Gasteiger partial charge is 0.508 e. The fourth-order valence-electron chi connectivity index (χ4n) is 4.72. The van der Waals surface area contributed by atoms with Gasteiger partial charge in [-0.05, 0) is 54.8 Å². The third kappa shape index (κ3) is 3.91. The van der Waals surface area contributed by atoms with Gasteiger partial charge in [0.15, 0.2) is 0 Å². The van der Waals surface area contributed by atoms with Gasteiger partial charge in [-0.2, -0.15) is 0 Å². The number of aliphatic hydroxyl groups is 1. The number of hydrogen-bond acceptors (Lipinski definition) is 6. The molecule has 34 heavy (non-hydrogen) atoms. The number of aromatic hydroxyl groups is 1. The molecule has 0 aliphatic carbocycles. The molecule has 1 fully saturated rings. The Labute approximate surface area is 196 Å². The third-order valence-corrected chi connectivity index (χ3v) is 6.27. The monoisotopic (exact) mass is 459 g/mol. The number of amides is 1. The van der Waals surface area contributed by atoms with Crippen LogP contribution in [0.4, 0.5) is 0 Å². The van der Waals surface area contributed by atoms with E-state index >= 15 is 0 Å². The van der Waals surface area contributed by atoms with E-state index in [4.69, 9.17) is 4.74 Å². The molecule has 3 aromatic rings. The molecule has 0 saturated carbocycles. The Hall–Kier alpha value is -4.07. The van der Waals surface area contributed by atoms with E-state index in [1.807, 2.05) is 17.7 Å². The maximum Gasteiger partial charge on any atom is 0.295 e. The van der Waals surface area contributed by atoms with Gasteiger partial charge in [0.2, 0.25) is 0 Å². The molecule has 1 aromatic heterocycles. The highest BCUT2D eigenvalue weighted by molar-refractivity contribution is 6.46. The first-order valence-electron chi connectivity index (χ1n) is 11.3. The Kier molecular flexibility index (Phi) is 5.57. The zero-order valence-corrected chi connectivity index (χ0v) is 18.7. The lowest BCUT2D eigenvalue weighted by molar-refractivity contribution is -0.139. The van der Waals surface area contributed by atoms with E-state index < -0.39 is 17.7 Å². The fourth-order valence-corrected chi connectivity index (χ4v) is 4.72. The molecule has 0 radical (unpaired) electrons. The summed E-state index contributed by atoms with van der Waals surface area (Å²) >= 11 is 0. The molecule has 2 N–H and O–H groups in total. The van der Waals surface area contributed by atoms with Crippen LogP contribution in [0.5, 0.6) is 11.5 Å². The Morgan fingerprint density at radius 2 is 2.03 bits per heavy atom. The molecule has 8 nitrogen and oxygen atoms in total. The summed E-state index contributed by atoms with van der Waals surface area (Å²) < 4.78 is 7.64. The van der Waals surface area contributed by atoms with Crippen LogP contribution in [-0.2, 0) is 22.6 Å². The third-order valence-electron chi connectivity index (χ3n) is 6.27. The Bertz CT molecular complexity index is 1280. The lowest BCUT2D eigenvalue weighted by Gasteiger charge is -2.25. The standard InChI is InChI=1S/C26H25N3O5/c1-16-12-19-13-18(6-7-21(19)34-16)24(31)22-23(17-4-2-5-20(30)14-17)29(26(33)25(22)32)10-3-9-28-11-8-27-15-28/h2,4-8,11,13-16,23,30-31H,3,9-10,12H2,1H3/t16-,23-/m0/s1. The van der Waals surface area contributed by atoms with Crippen LogP contribution in [0.25, 0.3) is 5.76 Å². The second-order valence-corrected chi connectivity index (χ2v) is 8.70. The molecule has 174 valence electrons. The number of Topliss-reactive ketones (excluding diaryl/α,β-unsaturated/α-hetero) is 1. The SMILES string of the molecule is C[C@H]1Cc2cc(C(O)=C3C(=O)C(=O)N(CCCn4ccnc4)[C@H]3c3cccc(O)c3)ccc2O1. The number of nitrogens with zero attached hydrogens (tertiary/aromatic N) is 3. The highest BCUT2D eigenvalue weighted by atomic mass is 16.5. The number of ketones is 1. The Balaban J connectivity index is 1.53. The molecule has 1 amide bonds. The number of aryl methyl sites for hydroxylation is 1. The van der Waals surface area contributed by atoms with Crippen LogP contribution < -0.4 is 4.74 Å². The number of imidazole rings is 1. The van der Waals surface area contributed by atoms with Gasteiger partial charge in [-0.25, -0.2) is 4.98 Å². The fraction of sp³-hybridized carbons (Fsp3) is 0.269. The number of likely N-dealkylation sites (tertiary alicyclic amines) is 1. The number of aliphatic hydroxyl groups excluding tert-OH is 1. The van der Waals surface area contributed by atoms with Crippen molar-refractivity contribution >= 4 is 17.4 Å². The van der Waals surface area contributed by atoms with Crippen LogP contribution in [0.3, 0.4) is 0 Å². The lowest BCUT2D eigenvalue weighted by Crippen LogP contribution is -2.31. The predicted molar refractivity (Wildman–Crippen MR) is 124 cm³/mol. The van der Waals surface area contributed by atoms with Crippen molar-refractivity contribution in [3.63, 3.8) is 0 Å². The number of carbonyl (C=O) groups excluding carboxylic acids is 2. The van der Waals surface area contributed by atoms with E-state index in [-0.39, 0.29) is 23.2 Å². The number of carbonyl (C=O) groups is 2. The number of fused-ring (bicyclic) bond motifs is 1.